The van der Waals surface area contributed by atoms with Gasteiger partial charge in [0.05, 0.1) is 0 Å². The molecule has 0 amide bonds. The van der Waals surface area contributed by atoms with Gasteiger partial charge in [0.15, 0.2) is 0 Å². The number of aromatic nitrogens is 2. The number of carboxylic acid groups (broad SMARTS) is 1. The Bertz CT molecular complexity index is 967. The maximum atomic E-state index is 12.4. The molecule has 0 radical (unpaired) electrons. The molecule has 0 saturated heterocycles. The van der Waals surface area contributed by atoms with Gasteiger partial charge in [-0.05, 0) is 61.4 Å². The van der Waals surface area contributed by atoms with E-state index in [-0.39, 0.29) is 5.56 Å². The van der Waals surface area contributed by atoms with Gasteiger partial charge < -0.3 is 5.11 Å². The zero-order chi connectivity index (χ0) is 18.5. The average molecular weight is 366 g/mol. The molecule has 2 heterocycles. The fraction of sp³-hybridized carbons (Fsp3) is 0.150. The Morgan fingerprint density at radius 2 is 1.92 bits per heavy atom. The van der Waals surface area contributed by atoms with Crippen molar-refractivity contribution in [3.05, 3.63) is 88.1 Å². The molecule has 3 rings (SSSR count). The maximum absolute atomic E-state index is 12.4. The van der Waals surface area contributed by atoms with Crippen molar-refractivity contribution >= 4 is 17.7 Å². The lowest BCUT2D eigenvalue weighted by Crippen LogP contribution is -2.25. The van der Waals surface area contributed by atoms with E-state index in [0.29, 0.717) is 11.3 Å². The molecule has 0 aliphatic heterocycles. The minimum atomic E-state index is -1.21. The largest absolute Gasteiger partial charge is 0.477 e. The van der Waals surface area contributed by atoms with E-state index in [2.05, 4.69) is 4.98 Å². The molecule has 0 saturated carbocycles. The zero-order valence-electron chi connectivity index (χ0n) is 14.3. The first kappa shape index (κ1) is 17.9. The summed E-state index contributed by atoms with van der Waals surface area (Å²) >= 11 is 1.71. The number of carbonyl (C=O) groups is 1. The van der Waals surface area contributed by atoms with Gasteiger partial charge in [0.1, 0.15) is 5.56 Å². The summed E-state index contributed by atoms with van der Waals surface area (Å²) in [7, 11) is 0. The highest BCUT2D eigenvalue weighted by Crippen LogP contribution is 2.20. The first-order chi connectivity index (χ1) is 12.6. The average Bonchev–Trinajstić information content (AvgIpc) is 2.63. The normalized spacial score (nSPS) is 10.7. The quantitative estimate of drug-likeness (QED) is 0.675. The van der Waals surface area contributed by atoms with E-state index in [1.807, 2.05) is 42.5 Å². The van der Waals surface area contributed by atoms with Crippen LogP contribution in [0.2, 0.25) is 0 Å². The SMILES string of the molecule is Cc1ccn(-c2ccc(SCCc3ccccn3)cc2)c(=O)c1C(=O)O. The molecule has 26 heavy (non-hydrogen) atoms. The second-order valence-corrected chi connectivity index (χ2v) is 6.94. The van der Waals surface area contributed by atoms with Gasteiger partial charge in [0.2, 0.25) is 0 Å². The predicted octanol–water partition coefficient (Wildman–Crippen LogP) is 3.57. The van der Waals surface area contributed by atoms with E-state index < -0.39 is 11.5 Å². The lowest BCUT2D eigenvalue weighted by molar-refractivity contribution is 0.0693. The molecule has 1 aromatic carbocycles. The van der Waals surface area contributed by atoms with Gasteiger partial charge >= 0.3 is 5.97 Å². The Balaban J connectivity index is 1.73. The van der Waals surface area contributed by atoms with Crippen LogP contribution in [0.15, 0.2) is 70.6 Å². The molecule has 6 heteroatoms. The highest BCUT2D eigenvalue weighted by Gasteiger charge is 2.15. The third-order valence-electron chi connectivity index (χ3n) is 3.98. The summed E-state index contributed by atoms with van der Waals surface area (Å²) in [4.78, 5) is 29.1. The minimum Gasteiger partial charge on any atom is -0.477 e. The Kier molecular flexibility index (Phi) is 5.53. The Hall–Kier alpha value is -2.86. The monoisotopic (exact) mass is 366 g/mol. The van der Waals surface area contributed by atoms with Crippen molar-refractivity contribution in [2.45, 2.75) is 18.2 Å². The highest BCUT2D eigenvalue weighted by atomic mass is 32.2. The van der Waals surface area contributed by atoms with E-state index in [4.69, 9.17) is 0 Å². The molecule has 3 aromatic rings. The van der Waals surface area contributed by atoms with Gasteiger partial charge in [0, 0.05) is 34.4 Å². The van der Waals surface area contributed by atoms with Crippen LogP contribution in [0, 0.1) is 6.92 Å². The van der Waals surface area contributed by atoms with Gasteiger partial charge in [-0.25, -0.2) is 4.79 Å². The van der Waals surface area contributed by atoms with E-state index in [1.54, 1.807) is 37.1 Å². The van der Waals surface area contributed by atoms with Crippen LogP contribution in [0.25, 0.3) is 5.69 Å². The lowest BCUT2D eigenvalue weighted by atomic mass is 10.1. The molecule has 0 fully saturated rings. The van der Waals surface area contributed by atoms with Gasteiger partial charge in [-0.15, -0.1) is 11.8 Å². The molecule has 0 unspecified atom stereocenters. The highest BCUT2D eigenvalue weighted by molar-refractivity contribution is 7.99. The summed E-state index contributed by atoms with van der Waals surface area (Å²) < 4.78 is 1.36. The number of hydrogen-bond donors (Lipinski definition) is 1. The first-order valence-electron chi connectivity index (χ1n) is 8.15. The van der Waals surface area contributed by atoms with Crippen LogP contribution >= 0.6 is 11.8 Å². The Morgan fingerprint density at radius 1 is 1.15 bits per heavy atom. The number of thioether (sulfide) groups is 1. The molecule has 132 valence electrons. The van der Waals surface area contributed by atoms with Crippen LogP contribution in [0.1, 0.15) is 21.6 Å². The maximum Gasteiger partial charge on any atom is 0.341 e. The Labute approximate surface area is 155 Å². The number of rotatable bonds is 6. The Morgan fingerprint density at radius 3 is 2.58 bits per heavy atom. The fourth-order valence-electron chi connectivity index (χ4n) is 2.61. The van der Waals surface area contributed by atoms with Crippen molar-refractivity contribution in [1.82, 2.24) is 9.55 Å². The molecule has 0 spiro atoms. The molecule has 0 bridgehead atoms. The van der Waals surface area contributed by atoms with Gasteiger partial charge in [0.25, 0.3) is 5.56 Å². The first-order valence-corrected chi connectivity index (χ1v) is 9.13. The van der Waals surface area contributed by atoms with Crippen LogP contribution < -0.4 is 5.56 Å². The minimum absolute atomic E-state index is 0.193. The molecule has 5 nitrogen and oxygen atoms in total. The molecule has 0 aliphatic rings. The molecule has 2 aromatic heterocycles. The predicted molar refractivity (Wildman–Crippen MR) is 102 cm³/mol. The van der Waals surface area contributed by atoms with E-state index >= 15 is 0 Å². The number of nitrogens with zero attached hydrogens (tertiary/aromatic N) is 2. The summed E-state index contributed by atoms with van der Waals surface area (Å²) in [5, 5.41) is 9.23. The molecule has 1 N–H and O–H groups in total. The summed E-state index contributed by atoms with van der Waals surface area (Å²) in [6.45, 7) is 1.62. The summed E-state index contributed by atoms with van der Waals surface area (Å²) in [5.41, 5.74) is 1.45. The van der Waals surface area contributed by atoms with Crippen molar-refractivity contribution in [2.75, 3.05) is 5.75 Å². The fourth-order valence-corrected chi connectivity index (χ4v) is 3.49. The number of benzene rings is 1. The smallest absolute Gasteiger partial charge is 0.341 e. The second kappa shape index (κ2) is 8.01. The standard InChI is InChI=1S/C20H18N2O3S/c1-14-9-12-22(19(23)18(14)20(24)25)16-5-7-17(8-6-16)26-13-10-15-4-2-3-11-21-15/h2-9,11-12H,10,13H2,1H3,(H,24,25). The lowest BCUT2D eigenvalue weighted by Gasteiger charge is -2.09. The summed E-state index contributed by atoms with van der Waals surface area (Å²) in [6.07, 6.45) is 4.28. The van der Waals surface area contributed by atoms with Crippen LogP contribution in [-0.2, 0) is 6.42 Å². The van der Waals surface area contributed by atoms with Crippen LogP contribution in [0.4, 0.5) is 0 Å². The van der Waals surface area contributed by atoms with Crippen LogP contribution in [0.5, 0.6) is 0 Å². The van der Waals surface area contributed by atoms with Crippen LogP contribution in [-0.4, -0.2) is 26.4 Å². The van der Waals surface area contributed by atoms with E-state index in [1.165, 1.54) is 4.57 Å². The van der Waals surface area contributed by atoms with Gasteiger partial charge in [-0.2, -0.15) is 0 Å². The number of pyridine rings is 2. The second-order valence-electron chi connectivity index (χ2n) is 5.77. The molecular formula is C20H18N2O3S. The molecule has 0 aliphatic carbocycles. The van der Waals surface area contributed by atoms with Crippen molar-refractivity contribution < 1.29 is 9.90 Å². The van der Waals surface area contributed by atoms with Gasteiger partial charge in [-0.3, -0.25) is 14.3 Å². The van der Waals surface area contributed by atoms with Crippen molar-refractivity contribution in [2.24, 2.45) is 0 Å². The zero-order valence-corrected chi connectivity index (χ0v) is 15.1. The van der Waals surface area contributed by atoms with Crippen molar-refractivity contribution in [3.8, 4) is 5.69 Å². The number of aromatic carboxylic acids is 1. The third-order valence-corrected chi connectivity index (χ3v) is 5.00. The van der Waals surface area contributed by atoms with E-state index in [9.17, 15) is 14.7 Å². The van der Waals surface area contributed by atoms with Crippen molar-refractivity contribution in [1.29, 1.82) is 0 Å². The summed E-state index contributed by atoms with van der Waals surface area (Å²) in [5.74, 6) is -0.298. The topological polar surface area (TPSA) is 72.2 Å². The van der Waals surface area contributed by atoms with Gasteiger partial charge in [-0.1, -0.05) is 6.07 Å². The summed E-state index contributed by atoms with van der Waals surface area (Å²) in [6, 6.07) is 15.0. The number of aryl methyl sites for hydroxylation is 2. The number of carboxylic acids is 1. The molecule has 0 atom stereocenters. The molecular weight excluding hydrogens is 348 g/mol. The number of hydrogen-bond acceptors (Lipinski definition) is 4. The van der Waals surface area contributed by atoms with E-state index in [0.717, 1.165) is 22.8 Å². The van der Waals surface area contributed by atoms with Crippen molar-refractivity contribution in [3.63, 3.8) is 0 Å². The van der Waals surface area contributed by atoms with Crippen LogP contribution in [0.3, 0.4) is 0 Å². The third kappa shape index (κ3) is 4.03.